The highest BCUT2D eigenvalue weighted by molar-refractivity contribution is 5.94. The minimum atomic E-state index is -0.451. The van der Waals surface area contributed by atoms with E-state index in [1.165, 1.54) is 0 Å². The fraction of sp³-hybridized carbons (Fsp3) is 0.480. The fourth-order valence-electron chi connectivity index (χ4n) is 4.39. The zero-order valence-corrected chi connectivity index (χ0v) is 19.4. The molecule has 0 fully saturated rings. The first-order valence-electron chi connectivity index (χ1n) is 11.7. The number of hydrogen-bond donors (Lipinski definition) is 0. The quantitative estimate of drug-likeness (QED) is 0.230. The molecule has 176 valence electrons. The Labute approximate surface area is 192 Å². The summed E-state index contributed by atoms with van der Waals surface area (Å²) in [5.74, 6) is 0.771. The lowest BCUT2D eigenvalue weighted by Crippen LogP contribution is -1.98. The van der Waals surface area contributed by atoms with Crippen molar-refractivity contribution in [2.75, 3.05) is 13.3 Å². The molecule has 4 aromatic rings. The molecule has 6 nitrogen and oxygen atoms in total. The van der Waals surface area contributed by atoms with Crippen molar-refractivity contribution in [3.05, 3.63) is 42.3 Å². The molecule has 4 rings (SSSR count). The lowest BCUT2D eigenvalue weighted by Gasteiger charge is -2.07. The van der Waals surface area contributed by atoms with Crippen LogP contribution in [0.25, 0.3) is 33.3 Å². The lowest BCUT2D eigenvalue weighted by atomic mass is 10.1. The summed E-state index contributed by atoms with van der Waals surface area (Å²) < 4.78 is 34.2. The van der Waals surface area contributed by atoms with Gasteiger partial charge in [0.05, 0.1) is 36.1 Å². The molecule has 0 unspecified atom stereocenters. The molecule has 0 amide bonds. The molecular weight excluding hydrogens is 424 g/mol. The number of aromatic nitrogens is 5. The summed E-state index contributed by atoms with van der Waals surface area (Å²) in [6.45, 7) is 4.28. The molecule has 0 spiro atoms. The first-order chi connectivity index (χ1) is 16.1. The van der Waals surface area contributed by atoms with Crippen LogP contribution < -0.4 is 0 Å². The molecule has 0 atom stereocenters. The molecule has 8 heteroatoms. The second-order valence-corrected chi connectivity index (χ2v) is 8.52. The molecule has 0 aliphatic carbocycles. The smallest absolute Gasteiger partial charge is 0.141 e. The Balaban J connectivity index is 1.64. The Hall–Kier alpha value is -3.03. The van der Waals surface area contributed by atoms with Gasteiger partial charge in [0.2, 0.25) is 0 Å². The molecule has 0 N–H and O–H groups in total. The van der Waals surface area contributed by atoms with Crippen LogP contribution in [0.4, 0.5) is 8.78 Å². The number of unbranched alkanes of at least 4 members (excludes halogenated alkanes) is 5. The molecule has 33 heavy (non-hydrogen) atoms. The Morgan fingerprint density at radius 3 is 2.39 bits per heavy atom. The highest BCUT2D eigenvalue weighted by Gasteiger charge is 2.17. The fourth-order valence-corrected chi connectivity index (χ4v) is 4.39. The standard InChI is InChI=1S/C25H31F2N5O/c1-18-24(19(2)33-30-18)20-13-23-25(28-14-20)22(21-15-29-32(16-21)12-10-27)17-31(23)11-8-6-4-3-5-7-9-26/h13-17H,3-12H2,1-2H3. The van der Waals surface area contributed by atoms with E-state index in [0.717, 1.165) is 83.4 Å². The third-order valence-corrected chi connectivity index (χ3v) is 6.08. The van der Waals surface area contributed by atoms with Crippen molar-refractivity contribution < 1.29 is 13.3 Å². The second-order valence-electron chi connectivity index (χ2n) is 8.52. The molecule has 0 saturated heterocycles. The van der Waals surface area contributed by atoms with Crippen molar-refractivity contribution >= 4 is 11.0 Å². The van der Waals surface area contributed by atoms with E-state index in [1.54, 1.807) is 10.9 Å². The molecule has 4 aromatic heterocycles. The predicted molar refractivity (Wildman–Crippen MR) is 126 cm³/mol. The summed E-state index contributed by atoms with van der Waals surface area (Å²) >= 11 is 0. The van der Waals surface area contributed by atoms with Crippen LogP contribution in [0.1, 0.15) is 50.0 Å². The summed E-state index contributed by atoms with van der Waals surface area (Å²) in [6, 6.07) is 2.14. The van der Waals surface area contributed by atoms with E-state index in [2.05, 4.69) is 27.1 Å². The predicted octanol–water partition coefficient (Wildman–Crippen LogP) is 6.45. The van der Waals surface area contributed by atoms with Crippen molar-refractivity contribution in [1.29, 1.82) is 0 Å². The SMILES string of the molecule is Cc1noc(C)c1-c1cnc2c(-c3cnn(CCF)c3)cn(CCCCCCCCF)c2c1. The molecule has 0 saturated carbocycles. The van der Waals surface area contributed by atoms with Crippen LogP contribution in [0.15, 0.2) is 35.4 Å². The van der Waals surface area contributed by atoms with Gasteiger partial charge in [0.15, 0.2) is 0 Å². The van der Waals surface area contributed by atoms with E-state index in [4.69, 9.17) is 9.51 Å². The van der Waals surface area contributed by atoms with Gasteiger partial charge in [-0.1, -0.05) is 30.8 Å². The van der Waals surface area contributed by atoms with Gasteiger partial charge < -0.3 is 9.09 Å². The Bertz CT molecular complexity index is 1170. The average Bonchev–Trinajstić information content (AvgIpc) is 3.50. The van der Waals surface area contributed by atoms with E-state index in [9.17, 15) is 8.78 Å². The Kier molecular flexibility index (Phi) is 7.52. The molecule has 0 aromatic carbocycles. The molecule has 0 radical (unpaired) electrons. The van der Waals surface area contributed by atoms with Gasteiger partial charge in [0.1, 0.15) is 12.4 Å². The lowest BCUT2D eigenvalue weighted by molar-refractivity contribution is 0.393. The molecule has 0 bridgehead atoms. The van der Waals surface area contributed by atoms with Crippen molar-refractivity contribution in [3.63, 3.8) is 0 Å². The van der Waals surface area contributed by atoms with Gasteiger partial charge in [-0.2, -0.15) is 5.10 Å². The highest BCUT2D eigenvalue weighted by Crippen LogP contribution is 2.34. The zero-order chi connectivity index (χ0) is 23.2. The van der Waals surface area contributed by atoms with Crippen molar-refractivity contribution in [3.8, 4) is 22.3 Å². The number of pyridine rings is 1. The van der Waals surface area contributed by atoms with Gasteiger partial charge in [-0.3, -0.25) is 14.1 Å². The highest BCUT2D eigenvalue weighted by atomic mass is 19.1. The largest absolute Gasteiger partial charge is 0.361 e. The van der Waals surface area contributed by atoms with E-state index in [0.29, 0.717) is 6.42 Å². The van der Waals surface area contributed by atoms with Crippen molar-refractivity contribution in [2.24, 2.45) is 0 Å². The number of hydrogen-bond acceptors (Lipinski definition) is 4. The number of halogens is 2. The average molecular weight is 456 g/mol. The van der Waals surface area contributed by atoms with Crippen LogP contribution in [0, 0.1) is 13.8 Å². The summed E-state index contributed by atoms with van der Waals surface area (Å²) in [7, 11) is 0. The van der Waals surface area contributed by atoms with E-state index in [1.807, 2.05) is 26.2 Å². The van der Waals surface area contributed by atoms with Gasteiger partial charge in [0, 0.05) is 47.4 Å². The van der Waals surface area contributed by atoms with Crippen LogP contribution in [0.5, 0.6) is 0 Å². The summed E-state index contributed by atoms with van der Waals surface area (Å²) in [5.41, 5.74) is 6.64. The maximum Gasteiger partial charge on any atom is 0.141 e. The van der Waals surface area contributed by atoms with Crippen LogP contribution in [0.2, 0.25) is 0 Å². The van der Waals surface area contributed by atoms with Crippen LogP contribution in [0.3, 0.4) is 0 Å². The minimum Gasteiger partial charge on any atom is -0.361 e. The number of fused-ring (bicyclic) bond motifs is 1. The minimum absolute atomic E-state index is 0.222. The maximum absolute atomic E-state index is 12.8. The van der Waals surface area contributed by atoms with Gasteiger partial charge >= 0.3 is 0 Å². The van der Waals surface area contributed by atoms with Crippen LogP contribution in [-0.4, -0.2) is 37.8 Å². The van der Waals surface area contributed by atoms with Gasteiger partial charge in [-0.25, -0.2) is 4.39 Å². The zero-order valence-electron chi connectivity index (χ0n) is 19.4. The Morgan fingerprint density at radius 2 is 1.67 bits per heavy atom. The van der Waals surface area contributed by atoms with Crippen molar-refractivity contribution in [1.82, 2.24) is 24.5 Å². The molecule has 0 aliphatic rings. The second kappa shape index (κ2) is 10.7. The normalized spacial score (nSPS) is 11.6. The third-order valence-electron chi connectivity index (χ3n) is 6.08. The molecule has 4 heterocycles. The third kappa shape index (κ3) is 5.15. The van der Waals surface area contributed by atoms with Gasteiger partial charge in [-0.15, -0.1) is 0 Å². The van der Waals surface area contributed by atoms with Gasteiger partial charge in [-0.05, 0) is 32.8 Å². The number of nitrogens with zero attached hydrogens (tertiary/aromatic N) is 5. The topological polar surface area (TPSA) is 61.7 Å². The maximum atomic E-state index is 12.8. The first kappa shape index (κ1) is 23.1. The molecular formula is C25H31F2N5O. The van der Waals surface area contributed by atoms with Crippen LogP contribution in [-0.2, 0) is 13.1 Å². The summed E-state index contributed by atoms with van der Waals surface area (Å²) in [5, 5.41) is 8.37. The van der Waals surface area contributed by atoms with Gasteiger partial charge in [0.25, 0.3) is 0 Å². The summed E-state index contributed by atoms with van der Waals surface area (Å²) in [6.07, 6.45) is 13.6. The number of aryl methyl sites for hydroxylation is 4. The van der Waals surface area contributed by atoms with Crippen molar-refractivity contribution in [2.45, 2.75) is 65.5 Å². The molecule has 0 aliphatic heterocycles. The van der Waals surface area contributed by atoms with Crippen LogP contribution >= 0.6 is 0 Å². The number of rotatable bonds is 12. The first-order valence-corrected chi connectivity index (χ1v) is 11.7. The monoisotopic (exact) mass is 455 g/mol. The van der Waals surface area contributed by atoms with E-state index >= 15 is 0 Å². The number of alkyl halides is 2. The van der Waals surface area contributed by atoms with E-state index in [-0.39, 0.29) is 13.2 Å². The van der Waals surface area contributed by atoms with E-state index < -0.39 is 6.67 Å². The Morgan fingerprint density at radius 1 is 0.879 bits per heavy atom. The summed E-state index contributed by atoms with van der Waals surface area (Å²) in [4.78, 5) is 4.81.